The van der Waals surface area contributed by atoms with Gasteiger partial charge in [0.05, 0.1) is 28.7 Å². The maximum absolute atomic E-state index is 8.68. The molecule has 3 aromatic rings. The molecule has 3 heterocycles. The van der Waals surface area contributed by atoms with Gasteiger partial charge in [-0.2, -0.15) is 0 Å². The minimum absolute atomic E-state index is 0.0669. The molecule has 0 bridgehead atoms. The van der Waals surface area contributed by atoms with Crippen molar-refractivity contribution < 1.29 is 5.11 Å². The van der Waals surface area contributed by atoms with Gasteiger partial charge in [0.25, 0.3) is 0 Å². The standard InChI is InChI=1S/C7H12N2S.C7H11NOS.C7H11NS/c1-5(2)6-4-10-7(3-8)9-6;1-5(2)6-4-10-7(3-9)8-6;1-5(2)7-4-9-6(3)8-7/h4-5H,3,8H2,1-2H3;4-5,9H,3H2,1-2H3;4-5H,1-3H3. The average Bonchev–Trinajstić information content (AvgIpc) is 3.42. The third-order valence-corrected chi connectivity index (χ3v) is 6.39. The maximum Gasteiger partial charge on any atom is 0.118 e. The fourth-order valence-corrected chi connectivity index (χ4v) is 4.42. The summed E-state index contributed by atoms with van der Waals surface area (Å²) < 4.78 is 0. The van der Waals surface area contributed by atoms with Gasteiger partial charge in [0.15, 0.2) is 0 Å². The number of nitrogens with zero attached hydrogens (tertiary/aromatic N) is 3. The number of aliphatic hydroxyl groups is 1. The number of hydrogen-bond donors (Lipinski definition) is 2. The van der Waals surface area contributed by atoms with Crippen LogP contribution in [0.15, 0.2) is 16.1 Å². The van der Waals surface area contributed by atoms with Gasteiger partial charge < -0.3 is 10.8 Å². The second-order valence-corrected chi connectivity index (χ2v) is 10.4. The van der Waals surface area contributed by atoms with Crippen molar-refractivity contribution in [2.75, 3.05) is 0 Å². The lowest BCUT2D eigenvalue weighted by Gasteiger charge is -1.95. The van der Waals surface area contributed by atoms with Gasteiger partial charge in [0.2, 0.25) is 0 Å². The number of rotatable bonds is 5. The van der Waals surface area contributed by atoms with Crippen LogP contribution in [-0.2, 0) is 13.2 Å². The largest absolute Gasteiger partial charge is 0.389 e. The minimum Gasteiger partial charge on any atom is -0.389 e. The van der Waals surface area contributed by atoms with Gasteiger partial charge in [-0.15, -0.1) is 34.0 Å². The van der Waals surface area contributed by atoms with Crippen molar-refractivity contribution in [2.45, 2.75) is 79.4 Å². The highest BCUT2D eigenvalue weighted by Crippen LogP contribution is 2.18. The summed E-state index contributed by atoms with van der Waals surface area (Å²) >= 11 is 4.88. The zero-order valence-electron chi connectivity index (χ0n) is 18.5. The molecule has 29 heavy (non-hydrogen) atoms. The number of thiazole rings is 3. The van der Waals surface area contributed by atoms with Crippen molar-refractivity contribution >= 4 is 34.0 Å². The van der Waals surface area contributed by atoms with Crippen molar-refractivity contribution in [1.82, 2.24) is 15.0 Å². The van der Waals surface area contributed by atoms with Crippen LogP contribution in [0, 0.1) is 6.92 Å². The molecule has 0 atom stereocenters. The van der Waals surface area contributed by atoms with Crippen LogP contribution in [-0.4, -0.2) is 20.1 Å². The Bertz CT molecular complexity index is 775. The Morgan fingerprint density at radius 3 is 1.41 bits per heavy atom. The van der Waals surface area contributed by atoms with E-state index >= 15 is 0 Å². The topological polar surface area (TPSA) is 84.9 Å². The van der Waals surface area contributed by atoms with Crippen molar-refractivity contribution in [3.63, 3.8) is 0 Å². The molecule has 5 nitrogen and oxygen atoms in total. The quantitative estimate of drug-likeness (QED) is 0.489. The Hall–Kier alpha value is -1.19. The highest BCUT2D eigenvalue weighted by molar-refractivity contribution is 7.10. The fraction of sp³-hybridized carbons (Fsp3) is 0.571. The van der Waals surface area contributed by atoms with Crippen molar-refractivity contribution in [3.05, 3.63) is 48.2 Å². The summed E-state index contributed by atoms with van der Waals surface area (Å²) in [7, 11) is 0. The fourth-order valence-electron chi connectivity index (χ4n) is 1.99. The smallest absolute Gasteiger partial charge is 0.118 e. The second-order valence-electron chi connectivity index (χ2n) is 7.45. The molecule has 0 aliphatic rings. The first-order chi connectivity index (χ1) is 13.7. The van der Waals surface area contributed by atoms with E-state index in [-0.39, 0.29) is 6.61 Å². The van der Waals surface area contributed by atoms with E-state index in [1.165, 1.54) is 22.0 Å². The van der Waals surface area contributed by atoms with Crippen molar-refractivity contribution in [1.29, 1.82) is 0 Å². The van der Waals surface area contributed by atoms with Crippen LogP contribution in [0.5, 0.6) is 0 Å². The van der Waals surface area contributed by atoms with Crippen LogP contribution in [0.1, 0.15) is 91.4 Å². The highest BCUT2D eigenvalue weighted by atomic mass is 32.1. The molecule has 0 fully saturated rings. The first-order valence-corrected chi connectivity index (χ1v) is 12.4. The van der Waals surface area contributed by atoms with Crippen LogP contribution < -0.4 is 5.73 Å². The number of aliphatic hydroxyl groups excluding tert-OH is 1. The van der Waals surface area contributed by atoms with Gasteiger partial charge >= 0.3 is 0 Å². The molecule has 8 heteroatoms. The number of aryl methyl sites for hydroxylation is 1. The minimum atomic E-state index is 0.0669. The Labute approximate surface area is 187 Å². The van der Waals surface area contributed by atoms with E-state index in [0.29, 0.717) is 24.3 Å². The monoisotopic (exact) mass is 454 g/mol. The molecule has 0 saturated heterocycles. The van der Waals surface area contributed by atoms with Gasteiger partial charge in [-0.3, -0.25) is 0 Å². The molecule has 3 aromatic heterocycles. The molecule has 0 unspecified atom stereocenters. The van der Waals surface area contributed by atoms with E-state index in [4.69, 9.17) is 10.8 Å². The van der Waals surface area contributed by atoms with E-state index in [1.807, 2.05) is 12.3 Å². The Kier molecular flexibility index (Phi) is 11.7. The normalized spacial score (nSPS) is 10.8. The molecule has 3 rings (SSSR count). The summed E-state index contributed by atoms with van der Waals surface area (Å²) in [6, 6.07) is 0. The summed E-state index contributed by atoms with van der Waals surface area (Å²) in [6.45, 7) is 15.4. The van der Waals surface area contributed by atoms with Crippen LogP contribution >= 0.6 is 34.0 Å². The van der Waals surface area contributed by atoms with E-state index in [0.717, 1.165) is 21.4 Å². The van der Waals surface area contributed by atoms with Crippen LogP contribution in [0.2, 0.25) is 0 Å². The first-order valence-electron chi connectivity index (χ1n) is 9.79. The number of hydrogen-bond acceptors (Lipinski definition) is 8. The Morgan fingerprint density at radius 1 is 0.759 bits per heavy atom. The Balaban J connectivity index is 0.000000218. The summed E-state index contributed by atoms with van der Waals surface area (Å²) in [4.78, 5) is 12.8. The maximum atomic E-state index is 8.68. The molecule has 0 spiro atoms. The van der Waals surface area contributed by atoms with Gasteiger partial charge in [-0.1, -0.05) is 41.5 Å². The van der Waals surface area contributed by atoms with Crippen molar-refractivity contribution in [3.8, 4) is 0 Å². The zero-order valence-corrected chi connectivity index (χ0v) is 20.9. The SMILES string of the molecule is CC(C)c1csc(CN)n1.CC(C)c1csc(CO)n1.Cc1nc(C(C)C)cs1. The predicted octanol–water partition coefficient (Wildman–Crippen LogP) is 6.06. The molecule has 0 amide bonds. The van der Waals surface area contributed by atoms with Crippen LogP contribution in [0.4, 0.5) is 0 Å². The van der Waals surface area contributed by atoms with Gasteiger partial charge in [0, 0.05) is 22.7 Å². The first kappa shape index (κ1) is 25.8. The van der Waals surface area contributed by atoms with Crippen molar-refractivity contribution in [2.24, 2.45) is 5.73 Å². The third-order valence-electron chi connectivity index (χ3n) is 3.86. The molecule has 3 N–H and O–H groups in total. The molecule has 0 aromatic carbocycles. The molecular weight excluding hydrogens is 420 g/mol. The average molecular weight is 455 g/mol. The zero-order chi connectivity index (χ0) is 22.0. The molecule has 0 aliphatic carbocycles. The second kappa shape index (κ2) is 13.2. The van der Waals surface area contributed by atoms with E-state index in [2.05, 4.69) is 67.3 Å². The summed E-state index contributed by atoms with van der Waals surface area (Å²) in [6.07, 6.45) is 0. The molecular formula is C21H34N4OS3. The van der Waals surface area contributed by atoms with E-state index in [9.17, 15) is 0 Å². The van der Waals surface area contributed by atoms with Gasteiger partial charge in [-0.05, 0) is 24.7 Å². The molecule has 162 valence electrons. The lowest BCUT2D eigenvalue weighted by molar-refractivity contribution is 0.281. The van der Waals surface area contributed by atoms with E-state index in [1.54, 1.807) is 22.7 Å². The Morgan fingerprint density at radius 2 is 1.17 bits per heavy atom. The lowest BCUT2D eigenvalue weighted by atomic mass is 10.2. The van der Waals surface area contributed by atoms with Crippen LogP contribution in [0.25, 0.3) is 0 Å². The predicted molar refractivity (Wildman–Crippen MR) is 127 cm³/mol. The van der Waals surface area contributed by atoms with Gasteiger partial charge in [0.1, 0.15) is 10.0 Å². The summed E-state index contributed by atoms with van der Waals surface area (Å²) in [5.41, 5.74) is 8.87. The lowest BCUT2D eigenvalue weighted by Crippen LogP contribution is -1.96. The summed E-state index contributed by atoms with van der Waals surface area (Å²) in [5, 5.41) is 17.9. The summed E-state index contributed by atoms with van der Waals surface area (Å²) in [5.74, 6) is 1.57. The molecule has 0 radical (unpaired) electrons. The highest BCUT2D eigenvalue weighted by Gasteiger charge is 2.04. The third kappa shape index (κ3) is 9.44. The molecule has 0 aliphatic heterocycles. The number of nitrogens with two attached hydrogens (primary N) is 1. The molecule has 0 saturated carbocycles. The number of aromatic nitrogens is 3. The van der Waals surface area contributed by atoms with Gasteiger partial charge in [-0.25, -0.2) is 15.0 Å². The van der Waals surface area contributed by atoms with E-state index < -0.39 is 0 Å². The van der Waals surface area contributed by atoms with Crippen LogP contribution in [0.3, 0.4) is 0 Å².